The summed E-state index contributed by atoms with van der Waals surface area (Å²) < 4.78 is 40.0. The first-order chi connectivity index (χ1) is 13.3. The van der Waals surface area contributed by atoms with Crippen molar-refractivity contribution in [2.24, 2.45) is 17.6 Å². The van der Waals surface area contributed by atoms with Gasteiger partial charge in [-0.05, 0) is 61.8 Å². The van der Waals surface area contributed by atoms with E-state index in [9.17, 15) is 18.0 Å². The maximum Gasteiger partial charge on any atom is 0.416 e. The van der Waals surface area contributed by atoms with E-state index in [4.69, 9.17) is 5.73 Å². The molecule has 2 saturated carbocycles. The van der Waals surface area contributed by atoms with Crippen LogP contribution in [0.3, 0.4) is 0 Å². The van der Waals surface area contributed by atoms with E-state index in [2.05, 4.69) is 10.4 Å². The molecular formula is C20H24ClF3N4O. The van der Waals surface area contributed by atoms with Gasteiger partial charge in [-0.25, -0.2) is 4.68 Å². The Balaban J connectivity index is 0.00000240. The monoisotopic (exact) mass is 428 g/mol. The second-order valence-corrected chi connectivity index (χ2v) is 7.88. The fourth-order valence-corrected chi connectivity index (χ4v) is 4.66. The van der Waals surface area contributed by atoms with Crippen LogP contribution in [0.1, 0.15) is 48.2 Å². The first-order valence-electron chi connectivity index (χ1n) is 9.61. The third-order valence-electron chi connectivity index (χ3n) is 5.93. The third-order valence-corrected chi connectivity index (χ3v) is 5.93. The highest BCUT2D eigenvalue weighted by molar-refractivity contribution is 5.92. The number of alkyl halides is 3. The van der Waals surface area contributed by atoms with Crippen LogP contribution < -0.4 is 11.1 Å². The van der Waals surface area contributed by atoms with Gasteiger partial charge in [-0.1, -0.05) is 12.5 Å². The zero-order chi connectivity index (χ0) is 19.9. The molecule has 3 N–H and O–H groups in total. The highest BCUT2D eigenvalue weighted by atomic mass is 35.5. The maximum absolute atomic E-state index is 12.9. The number of fused-ring (bicyclic) bond motifs is 2. The lowest BCUT2D eigenvalue weighted by Gasteiger charge is -2.45. The summed E-state index contributed by atoms with van der Waals surface area (Å²) in [6.45, 7) is 0. The summed E-state index contributed by atoms with van der Waals surface area (Å²) in [6, 6.07) is 6.70. The Labute approximate surface area is 173 Å². The molecule has 1 heterocycles. The third kappa shape index (κ3) is 4.59. The summed E-state index contributed by atoms with van der Waals surface area (Å²) >= 11 is 0. The van der Waals surface area contributed by atoms with E-state index in [0.29, 0.717) is 11.8 Å². The molecule has 29 heavy (non-hydrogen) atoms. The molecule has 0 radical (unpaired) electrons. The first-order valence-corrected chi connectivity index (χ1v) is 9.61. The Hall–Kier alpha value is -2.06. The minimum Gasteiger partial charge on any atom is -0.347 e. The van der Waals surface area contributed by atoms with Crippen molar-refractivity contribution >= 4 is 18.3 Å². The molecule has 0 spiro atoms. The van der Waals surface area contributed by atoms with Crippen molar-refractivity contribution in [2.45, 2.75) is 50.4 Å². The van der Waals surface area contributed by atoms with Crippen LogP contribution in [-0.4, -0.2) is 27.8 Å². The lowest BCUT2D eigenvalue weighted by Crippen LogP contribution is -2.53. The van der Waals surface area contributed by atoms with Crippen LogP contribution in [0, 0.1) is 11.8 Å². The highest BCUT2D eigenvalue weighted by Gasteiger charge is 2.40. The van der Waals surface area contributed by atoms with Gasteiger partial charge in [0.05, 0.1) is 11.3 Å². The molecule has 2 bridgehead atoms. The van der Waals surface area contributed by atoms with Gasteiger partial charge in [-0.2, -0.15) is 18.3 Å². The Morgan fingerprint density at radius 3 is 2.52 bits per heavy atom. The normalized spacial score (nSPS) is 26.5. The topological polar surface area (TPSA) is 72.9 Å². The average Bonchev–Trinajstić information content (AvgIpc) is 3.12. The molecule has 2 aliphatic carbocycles. The van der Waals surface area contributed by atoms with E-state index in [1.807, 2.05) is 0 Å². The summed E-state index contributed by atoms with van der Waals surface area (Å²) in [6.07, 6.45) is 2.20. The Morgan fingerprint density at radius 1 is 1.17 bits per heavy atom. The Morgan fingerprint density at radius 2 is 1.86 bits per heavy atom. The van der Waals surface area contributed by atoms with Gasteiger partial charge in [-0.3, -0.25) is 4.79 Å². The zero-order valence-electron chi connectivity index (χ0n) is 15.7. The summed E-state index contributed by atoms with van der Waals surface area (Å²) in [4.78, 5) is 12.7. The predicted molar refractivity (Wildman–Crippen MR) is 105 cm³/mol. The number of nitrogens with zero attached hydrogens (tertiary/aromatic N) is 2. The van der Waals surface area contributed by atoms with Gasteiger partial charge in [0, 0.05) is 18.3 Å². The lowest BCUT2D eigenvalue weighted by molar-refractivity contribution is -0.137. The largest absolute Gasteiger partial charge is 0.416 e. The number of hydrogen-bond donors (Lipinski definition) is 2. The summed E-state index contributed by atoms with van der Waals surface area (Å²) in [7, 11) is 0. The van der Waals surface area contributed by atoms with Gasteiger partial charge in [0.15, 0.2) is 5.69 Å². The van der Waals surface area contributed by atoms with E-state index < -0.39 is 11.7 Å². The number of amides is 1. The molecule has 0 aliphatic heterocycles. The number of carbonyl (C=O) groups excluding carboxylic acids is 1. The minimum absolute atomic E-state index is 0. The molecular weight excluding hydrogens is 405 g/mol. The van der Waals surface area contributed by atoms with Crippen LogP contribution in [-0.2, 0) is 6.18 Å². The fourth-order valence-electron chi connectivity index (χ4n) is 4.66. The molecule has 1 aromatic carbocycles. The predicted octanol–water partition coefficient (Wildman–Crippen LogP) is 3.95. The van der Waals surface area contributed by atoms with Gasteiger partial charge in [0.25, 0.3) is 5.91 Å². The summed E-state index contributed by atoms with van der Waals surface area (Å²) in [5, 5.41) is 7.30. The van der Waals surface area contributed by atoms with Crippen molar-refractivity contribution in [2.75, 3.05) is 0 Å². The number of carbonyl (C=O) groups is 1. The number of nitrogens with one attached hydrogen (secondary N) is 1. The van der Waals surface area contributed by atoms with Crippen molar-refractivity contribution < 1.29 is 18.0 Å². The fraction of sp³-hybridized carbons (Fsp3) is 0.500. The van der Waals surface area contributed by atoms with Crippen molar-refractivity contribution in [3.8, 4) is 5.69 Å². The Bertz CT molecular complexity index is 855. The van der Waals surface area contributed by atoms with Crippen LogP contribution >= 0.6 is 12.4 Å². The number of rotatable bonds is 3. The van der Waals surface area contributed by atoms with Crippen molar-refractivity contribution in [1.82, 2.24) is 15.1 Å². The molecule has 2 atom stereocenters. The van der Waals surface area contributed by atoms with Crippen LogP contribution in [0.25, 0.3) is 5.69 Å². The van der Waals surface area contributed by atoms with Crippen LogP contribution in [0.2, 0.25) is 0 Å². The maximum atomic E-state index is 12.9. The number of nitrogens with two attached hydrogens (primary N) is 1. The number of aromatic nitrogens is 2. The van der Waals surface area contributed by atoms with E-state index in [1.54, 1.807) is 0 Å². The van der Waals surface area contributed by atoms with Crippen molar-refractivity contribution in [1.29, 1.82) is 0 Å². The highest BCUT2D eigenvalue weighted by Crippen LogP contribution is 2.39. The standard InChI is InChI=1S/C20H23F3N4O.ClH/c21-20(22,23)14-5-2-6-16(11-14)27-8-7-17(26-27)19(28)25-18-12-3-1-4-13(18)10-15(24)9-12;/h2,5-8,11-13,15,18H,1,3-4,9-10,24H2,(H,25,28);1H. The van der Waals surface area contributed by atoms with Gasteiger partial charge < -0.3 is 11.1 Å². The first kappa shape index (κ1) is 21.6. The molecule has 2 unspecified atom stereocenters. The van der Waals surface area contributed by atoms with Crippen LogP contribution in [0.15, 0.2) is 36.5 Å². The van der Waals surface area contributed by atoms with E-state index in [0.717, 1.165) is 37.8 Å². The van der Waals surface area contributed by atoms with Gasteiger partial charge in [0.2, 0.25) is 0 Å². The van der Waals surface area contributed by atoms with Crippen molar-refractivity contribution in [3.05, 3.63) is 47.8 Å². The molecule has 1 aromatic heterocycles. The van der Waals surface area contributed by atoms with Crippen LogP contribution in [0.4, 0.5) is 13.2 Å². The van der Waals surface area contributed by atoms with E-state index in [-0.39, 0.29) is 41.8 Å². The SMILES string of the molecule is Cl.NC1CC2CCCC(C1)C2NC(=O)c1ccn(-c2cccc(C(F)(F)F)c2)n1. The minimum atomic E-state index is -4.43. The van der Waals surface area contributed by atoms with E-state index >= 15 is 0 Å². The van der Waals surface area contributed by atoms with Gasteiger partial charge >= 0.3 is 6.18 Å². The molecule has 4 rings (SSSR count). The lowest BCUT2D eigenvalue weighted by atomic mass is 9.67. The zero-order valence-corrected chi connectivity index (χ0v) is 16.5. The molecule has 9 heteroatoms. The van der Waals surface area contributed by atoms with E-state index in [1.165, 1.54) is 35.5 Å². The molecule has 0 saturated heterocycles. The Kier molecular flexibility index (Phi) is 6.24. The second kappa shape index (κ2) is 8.36. The second-order valence-electron chi connectivity index (χ2n) is 7.88. The summed E-state index contributed by atoms with van der Waals surface area (Å²) in [5.41, 5.74) is 5.84. The smallest absolute Gasteiger partial charge is 0.347 e. The molecule has 2 fully saturated rings. The number of benzene rings is 1. The quantitative estimate of drug-likeness (QED) is 0.777. The van der Waals surface area contributed by atoms with Crippen molar-refractivity contribution in [3.63, 3.8) is 0 Å². The number of hydrogen-bond acceptors (Lipinski definition) is 3. The van der Waals surface area contributed by atoms with Gasteiger partial charge in [-0.15, -0.1) is 12.4 Å². The summed E-state index contributed by atoms with van der Waals surface area (Å²) in [5.74, 6) is 0.483. The average molecular weight is 429 g/mol. The molecule has 1 amide bonds. The molecule has 2 aromatic rings. The van der Waals surface area contributed by atoms with Gasteiger partial charge in [0.1, 0.15) is 0 Å². The molecule has 158 valence electrons. The number of halogens is 4. The molecule has 5 nitrogen and oxygen atoms in total. The van der Waals surface area contributed by atoms with Crippen LogP contribution in [0.5, 0.6) is 0 Å². The molecule has 2 aliphatic rings.